The number of hydrogen-bond donors (Lipinski definition) is 0. The van der Waals surface area contributed by atoms with E-state index in [9.17, 15) is 13.0 Å². The van der Waals surface area contributed by atoms with Crippen molar-refractivity contribution in [3.05, 3.63) is 54.6 Å². The zero-order valence-electron chi connectivity index (χ0n) is 10.3. The normalized spacial score (nSPS) is 12.7. The molecule has 1 aliphatic carbocycles. The molecule has 98 valence electrons. The molecule has 0 fully saturated rings. The Balaban J connectivity index is 2.24. The van der Waals surface area contributed by atoms with Crippen LogP contribution in [0.3, 0.4) is 0 Å². The maximum atomic E-state index is 11.4. The second-order valence-corrected chi connectivity index (χ2v) is 6.19. The molecule has 1 aliphatic rings. The summed E-state index contributed by atoms with van der Waals surface area (Å²) < 4.78 is 34.2. The Morgan fingerprint density at radius 3 is 1.95 bits per heavy atom. The maximum Gasteiger partial charge on any atom is 0.125 e. The Kier molecular flexibility index (Phi) is 2.14. The van der Waals surface area contributed by atoms with Crippen molar-refractivity contribution in [1.82, 2.24) is 0 Å². The van der Waals surface area contributed by atoms with Gasteiger partial charge in [-0.05, 0) is 33.7 Å². The molecule has 3 aromatic rings. The first-order chi connectivity index (χ1) is 9.57. The van der Waals surface area contributed by atoms with Crippen molar-refractivity contribution in [2.45, 2.75) is 4.90 Å². The fourth-order valence-corrected chi connectivity index (χ4v) is 3.67. The van der Waals surface area contributed by atoms with Gasteiger partial charge < -0.3 is 4.55 Å². The Labute approximate surface area is 116 Å². The predicted molar refractivity (Wildman–Crippen MR) is 76.3 cm³/mol. The van der Waals surface area contributed by atoms with E-state index in [-0.39, 0.29) is 4.90 Å². The summed E-state index contributed by atoms with van der Waals surface area (Å²) >= 11 is 0. The standard InChI is InChI=1S/C16H10O3S/c17-20(18,19)15-9-8-13-11-5-2-1-4-10(11)12-6-3-7-14(15)16(12)13/h1-9H,(H,17,18,19)/p-1. The van der Waals surface area contributed by atoms with Gasteiger partial charge >= 0.3 is 0 Å². The van der Waals surface area contributed by atoms with Crippen molar-refractivity contribution in [3.63, 3.8) is 0 Å². The van der Waals surface area contributed by atoms with Crippen LogP contribution in [0, 0.1) is 0 Å². The molecule has 0 unspecified atom stereocenters. The average Bonchev–Trinajstić information content (AvgIpc) is 2.75. The first-order valence-corrected chi connectivity index (χ1v) is 7.59. The van der Waals surface area contributed by atoms with Crippen LogP contribution in [0.15, 0.2) is 59.5 Å². The van der Waals surface area contributed by atoms with E-state index in [1.54, 1.807) is 18.2 Å². The highest BCUT2D eigenvalue weighted by Crippen LogP contribution is 2.48. The smallest absolute Gasteiger partial charge is 0.125 e. The van der Waals surface area contributed by atoms with Crippen molar-refractivity contribution in [2.24, 2.45) is 0 Å². The fourth-order valence-electron chi connectivity index (χ4n) is 3.00. The highest BCUT2D eigenvalue weighted by molar-refractivity contribution is 7.86. The molecule has 0 amide bonds. The molecule has 0 heterocycles. The third-order valence-electron chi connectivity index (χ3n) is 3.78. The van der Waals surface area contributed by atoms with Gasteiger partial charge in [0.1, 0.15) is 10.1 Å². The van der Waals surface area contributed by atoms with Gasteiger partial charge in [0.05, 0.1) is 4.90 Å². The highest BCUT2D eigenvalue weighted by Gasteiger charge is 2.22. The molecule has 0 spiro atoms. The topological polar surface area (TPSA) is 57.2 Å². The van der Waals surface area contributed by atoms with Crippen LogP contribution < -0.4 is 0 Å². The van der Waals surface area contributed by atoms with Crippen LogP contribution in [0.5, 0.6) is 0 Å². The first-order valence-electron chi connectivity index (χ1n) is 6.19. The minimum absolute atomic E-state index is 0.147. The van der Waals surface area contributed by atoms with E-state index < -0.39 is 10.1 Å². The zero-order valence-corrected chi connectivity index (χ0v) is 11.1. The summed E-state index contributed by atoms with van der Waals surface area (Å²) in [5.74, 6) is 0. The van der Waals surface area contributed by atoms with Crippen LogP contribution in [0.2, 0.25) is 0 Å². The zero-order chi connectivity index (χ0) is 13.9. The number of fused-ring (bicyclic) bond motifs is 3. The molecule has 4 heteroatoms. The molecule has 20 heavy (non-hydrogen) atoms. The molecular weight excluding hydrogens is 272 g/mol. The lowest BCUT2D eigenvalue weighted by Crippen LogP contribution is -1.99. The minimum atomic E-state index is -4.47. The van der Waals surface area contributed by atoms with Crippen molar-refractivity contribution in [3.8, 4) is 22.3 Å². The summed E-state index contributed by atoms with van der Waals surface area (Å²) in [5, 5.41) is 1.36. The van der Waals surface area contributed by atoms with Crippen LogP contribution in [0.1, 0.15) is 0 Å². The summed E-state index contributed by atoms with van der Waals surface area (Å²) in [6.07, 6.45) is 0. The van der Waals surface area contributed by atoms with E-state index in [1.807, 2.05) is 30.3 Å². The van der Waals surface area contributed by atoms with Crippen LogP contribution in [-0.2, 0) is 10.1 Å². The molecule has 4 rings (SSSR count). The lowest BCUT2D eigenvalue weighted by atomic mass is 10.0. The van der Waals surface area contributed by atoms with Gasteiger partial charge in [0.2, 0.25) is 0 Å². The van der Waals surface area contributed by atoms with Crippen molar-refractivity contribution >= 4 is 20.9 Å². The third kappa shape index (κ3) is 1.40. The largest absolute Gasteiger partial charge is 0.744 e. The van der Waals surface area contributed by atoms with Crippen molar-refractivity contribution in [2.75, 3.05) is 0 Å². The Morgan fingerprint density at radius 1 is 0.700 bits per heavy atom. The summed E-state index contributed by atoms with van der Waals surface area (Å²) in [5.41, 5.74) is 4.12. The van der Waals surface area contributed by atoms with Gasteiger partial charge in [-0.1, -0.05) is 48.5 Å². The third-order valence-corrected chi connectivity index (χ3v) is 4.67. The predicted octanol–water partition coefficient (Wildman–Crippen LogP) is 3.39. The summed E-state index contributed by atoms with van der Waals surface area (Å²) in [4.78, 5) is -0.147. The van der Waals surface area contributed by atoms with Crippen LogP contribution in [0.25, 0.3) is 33.0 Å². The van der Waals surface area contributed by atoms with E-state index in [1.165, 1.54) is 6.07 Å². The van der Waals surface area contributed by atoms with E-state index in [0.717, 1.165) is 27.6 Å². The summed E-state index contributed by atoms with van der Waals surface area (Å²) in [6, 6.07) is 16.5. The molecule has 0 aromatic heterocycles. The molecule has 0 aliphatic heterocycles. The fraction of sp³-hybridized carbons (Fsp3) is 0. The Hall–Kier alpha value is -2.17. The van der Waals surface area contributed by atoms with E-state index >= 15 is 0 Å². The molecule has 0 atom stereocenters. The Morgan fingerprint density at radius 2 is 1.30 bits per heavy atom. The highest BCUT2D eigenvalue weighted by atomic mass is 32.2. The van der Waals surface area contributed by atoms with Gasteiger partial charge in [0, 0.05) is 5.39 Å². The molecular formula is C16H9O3S-. The number of rotatable bonds is 1. The molecule has 0 bridgehead atoms. The van der Waals surface area contributed by atoms with Gasteiger partial charge in [-0.15, -0.1) is 0 Å². The second-order valence-electron chi connectivity index (χ2n) is 4.84. The Bertz CT molecular complexity index is 943. The van der Waals surface area contributed by atoms with E-state index in [2.05, 4.69) is 0 Å². The minimum Gasteiger partial charge on any atom is -0.744 e. The summed E-state index contributed by atoms with van der Waals surface area (Å²) in [6.45, 7) is 0. The lowest BCUT2D eigenvalue weighted by molar-refractivity contribution is 0.464. The van der Waals surface area contributed by atoms with Gasteiger partial charge in [-0.2, -0.15) is 0 Å². The second kappa shape index (κ2) is 3.69. The molecule has 0 N–H and O–H groups in total. The SMILES string of the molecule is O=S(=O)([O-])c1ccc2c3c(cccc13)-c1ccccc1-2. The molecule has 0 saturated carbocycles. The molecule has 0 radical (unpaired) electrons. The van der Waals surface area contributed by atoms with E-state index in [4.69, 9.17) is 0 Å². The van der Waals surface area contributed by atoms with Crippen molar-refractivity contribution in [1.29, 1.82) is 0 Å². The van der Waals surface area contributed by atoms with Crippen LogP contribution >= 0.6 is 0 Å². The van der Waals surface area contributed by atoms with Gasteiger partial charge in [-0.3, -0.25) is 0 Å². The average molecular weight is 281 g/mol. The maximum absolute atomic E-state index is 11.4. The number of benzene rings is 3. The van der Waals surface area contributed by atoms with Gasteiger partial charge in [0.25, 0.3) is 0 Å². The monoisotopic (exact) mass is 281 g/mol. The van der Waals surface area contributed by atoms with Crippen LogP contribution in [-0.4, -0.2) is 13.0 Å². The van der Waals surface area contributed by atoms with Gasteiger partial charge in [0.15, 0.2) is 0 Å². The van der Waals surface area contributed by atoms with Gasteiger partial charge in [-0.25, -0.2) is 8.42 Å². The molecule has 0 saturated heterocycles. The number of hydrogen-bond acceptors (Lipinski definition) is 3. The summed E-state index contributed by atoms with van der Waals surface area (Å²) in [7, 11) is -4.47. The van der Waals surface area contributed by atoms with Crippen LogP contribution in [0.4, 0.5) is 0 Å². The lowest BCUT2D eigenvalue weighted by Gasteiger charge is -2.12. The molecule has 3 aromatic carbocycles. The van der Waals surface area contributed by atoms with Crippen molar-refractivity contribution < 1.29 is 13.0 Å². The first kappa shape index (κ1) is 11.6. The quantitative estimate of drug-likeness (QED) is 0.502. The molecule has 3 nitrogen and oxygen atoms in total. The van der Waals surface area contributed by atoms with E-state index in [0.29, 0.717) is 5.39 Å².